The zero-order chi connectivity index (χ0) is 17.1. The molecular weight excluding hydrogens is 349 g/mol. The second-order valence-electron chi connectivity index (χ2n) is 5.26. The van der Waals surface area contributed by atoms with Gasteiger partial charge < -0.3 is 15.4 Å². The van der Waals surface area contributed by atoms with Gasteiger partial charge in [0.2, 0.25) is 0 Å². The van der Waals surface area contributed by atoms with E-state index in [4.69, 9.17) is 33.7 Å². The number of benzodiazepines with no additional fused rings is 1. The van der Waals surface area contributed by atoms with E-state index in [2.05, 4.69) is 4.99 Å². The van der Waals surface area contributed by atoms with Gasteiger partial charge in [-0.3, -0.25) is 9.79 Å². The Kier molecular flexibility index (Phi) is 4.92. The Morgan fingerprint density at radius 2 is 2.08 bits per heavy atom. The van der Waals surface area contributed by atoms with Crippen LogP contribution in [0.1, 0.15) is 5.56 Å². The molecule has 0 bridgehead atoms. The molecule has 2 N–H and O–H groups in total. The van der Waals surface area contributed by atoms with Crippen molar-refractivity contribution >= 4 is 46.7 Å². The first-order valence-electron chi connectivity index (χ1n) is 7.32. The van der Waals surface area contributed by atoms with Crippen LogP contribution in [-0.4, -0.2) is 31.8 Å². The molecule has 7 heteroatoms. The van der Waals surface area contributed by atoms with Gasteiger partial charge >= 0.3 is 0 Å². The molecule has 0 aliphatic carbocycles. The second kappa shape index (κ2) is 7.11. The van der Waals surface area contributed by atoms with Gasteiger partial charge in [-0.15, -0.1) is 0 Å². The number of hydrogen-bond donors (Lipinski definition) is 1. The number of halogens is 2. The third-order valence-electron chi connectivity index (χ3n) is 3.57. The van der Waals surface area contributed by atoms with Crippen molar-refractivity contribution in [2.45, 2.75) is 0 Å². The summed E-state index contributed by atoms with van der Waals surface area (Å²) in [7, 11) is 0. The molecule has 3 rings (SSSR count). The normalized spacial score (nSPS) is 13.3. The monoisotopic (exact) mass is 363 g/mol. The van der Waals surface area contributed by atoms with Crippen LogP contribution in [0.3, 0.4) is 0 Å². The SMILES string of the molecule is Nc1ccc2c(c1)C=NCCN2C(=O)COc1ccc(Cl)cc1Cl. The maximum absolute atomic E-state index is 12.6. The van der Waals surface area contributed by atoms with Gasteiger partial charge in [0.05, 0.1) is 17.3 Å². The number of carbonyl (C=O) groups is 1. The predicted octanol–water partition coefficient (Wildman–Crippen LogP) is 3.42. The molecular formula is C17H15Cl2N3O2. The van der Waals surface area contributed by atoms with Crippen molar-refractivity contribution < 1.29 is 9.53 Å². The molecule has 0 radical (unpaired) electrons. The Morgan fingerprint density at radius 1 is 1.25 bits per heavy atom. The third kappa shape index (κ3) is 3.63. The van der Waals surface area contributed by atoms with Crippen molar-refractivity contribution in [1.82, 2.24) is 0 Å². The lowest BCUT2D eigenvalue weighted by Crippen LogP contribution is -2.36. The van der Waals surface area contributed by atoms with Crippen molar-refractivity contribution in [3.8, 4) is 5.75 Å². The molecule has 0 aromatic heterocycles. The van der Waals surface area contributed by atoms with Crippen LogP contribution in [0.5, 0.6) is 5.75 Å². The smallest absolute Gasteiger partial charge is 0.264 e. The lowest BCUT2D eigenvalue weighted by Gasteiger charge is -2.22. The number of aliphatic imine (C=N–C) groups is 1. The van der Waals surface area contributed by atoms with Gasteiger partial charge in [-0.05, 0) is 36.4 Å². The number of ether oxygens (including phenoxy) is 1. The number of nitrogen functional groups attached to an aromatic ring is 1. The Hall–Kier alpha value is -2.24. The van der Waals surface area contributed by atoms with Gasteiger partial charge in [-0.25, -0.2) is 0 Å². The lowest BCUT2D eigenvalue weighted by atomic mass is 10.1. The van der Waals surface area contributed by atoms with E-state index in [1.54, 1.807) is 41.4 Å². The fourth-order valence-corrected chi connectivity index (χ4v) is 2.90. The van der Waals surface area contributed by atoms with E-state index in [1.165, 1.54) is 0 Å². The maximum Gasteiger partial charge on any atom is 0.264 e. The summed E-state index contributed by atoms with van der Waals surface area (Å²) in [6, 6.07) is 10.2. The number of amides is 1. The van der Waals surface area contributed by atoms with E-state index < -0.39 is 0 Å². The summed E-state index contributed by atoms with van der Waals surface area (Å²) in [5, 5.41) is 0.873. The zero-order valence-electron chi connectivity index (χ0n) is 12.7. The number of rotatable bonds is 3. The average molecular weight is 364 g/mol. The summed E-state index contributed by atoms with van der Waals surface area (Å²) in [5.41, 5.74) is 8.00. The summed E-state index contributed by atoms with van der Waals surface area (Å²) in [6.45, 7) is 0.858. The van der Waals surface area contributed by atoms with Crippen LogP contribution in [-0.2, 0) is 4.79 Å². The van der Waals surface area contributed by atoms with Gasteiger partial charge in [-0.2, -0.15) is 0 Å². The van der Waals surface area contributed by atoms with E-state index in [0.717, 1.165) is 11.3 Å². The average Bonchev–Trinajstić information content (AvgIpc) is 2.75. The first-order valence-corrected chi connectivity index (χ1v) is 8.08. The molecule has 24 heavy (non-hydrogen) atoms. The fraction of sp³-hybridized carbons (Fsp3) is 0.176. The number of anilines is 2. The molecule has 2 aromatic rings. The molecule has 0 saturated heterocycles. The predicted molar refractivity (Wildman–Crippen MR) is 97.6 cm³/mol. The topological polar surface area (TPSA) is 67.9 Å². The number of nitrogens with two attached hydrogens (primary N) is 1. The summed E-state index contributed by atoms with van der Waals surface area (Å²) in [4.78, 5) is 18.5. The summed E-state index contributed by atoms with van der Waals surface area (Å²) in [5.74, 6) is 0.232. The molecule has 1 heterocycles. The van der Waals surface area contributed by atoms with Crippen molar-refractivity contribution in [1.29, 1.82) is 0 Å². The van der Waals surface area contributed by atoms with E-state index in [9.17, 15) is 4.79 Å². The van der Waals surface area contributed by atoms with E-state index in [0.29, 0.717) is 34.6 Å². The number of carbonyl (C=O) groups excluding carboxylic acids is 1. The Morgan fingerprint density at radius 3 is 2.88 bits per heavy atom. The van der Waals surface area contributed by atoms with Crippen LogP contribution < -0.4 is 15.4 Å². The molecule has 5 nitrogen and oxygen atoms in total. The molecule has 124 valence electrons. The van der Waals surface area contributed by atoms with Crippen LogP contribution in [0.4, 0.5) is 11.4 Å². The van der Waals surface area contributed by atoms with Gasteiger partial charge in [0.15, 0.2) is 6.61 Å². The highest BCUT2D eigenvalue weighted by Gasteiger charge is 2.20. The molecule has 0 saturated carbocycles. The van der Waals surface area contributed by atoms with E-state index in [-0.39, 0.29) is 12.5 Å². The minimum Gasteiger partial charge on any atom is -0.482 e. The molecule has 0 unspecified atom stereocenters. The van der Waals surface area contributed by atoms with Crippen LogP contribution >= 0.6 is 23.2 Å². The fourth-order valence-electron chi connectivity index (χ4n) is 2.43. The first kappa shape index (κ1) is 16.6. The third-order valence-corrected chi connectivity index (χ3v) is 4.10. The zero-order valence-corrected chi connectivity index (χ0v) is 14.2. The van der Waals surface area contributed by atoms with Gasteiger partial charge in [0.25, 0.3) is 5.91 Å². The van der Waals surface area contributed by atoms with Crippen LogP contribution in [0.25, 0.3) is 0 Å². The minimum absolute atomic E-state index is 0.134. The van der Waals surface area contributed by atoms with E-state index >= 15 is 0 Å². The summed E-state index contributed by atoms with van der Waals surface area (Å²) in [6.07, 6.45) is 1.73. The second-order valence-corrected chi connectivity index (χ2v) is 6.11. The van der Waals surface area contributed by atoms with E-state index in [1.807, 2.05) is 6.07 Å². The summed E-state index contributed by atoms with van der Waals surface area (Å²) >= 11 is 11.9. The molecule has 1 aliphatic rings. The molecule has 0 atom stereocenters. The van der Waals surface area contributed by atoms with Crippen molar-refractivity contribution in [3.05, 3.63) is 52.0 Å². The highest BCUT2D eigenvalue weighted by atomic mass is 35.5. The highest BCUT2D eigenvalue weighted by molar-refractivity contribution is 6.35. The van der Waals surface area contributed by atoms with Gasteiger partial charge in [-0.1, -0.05) is 23.2 Å². The van der Waals surface area contributed by atoms with Crippen LogP contribution in [0, 0.1) is 0 Å². The lowest BCUT2D eigenvalue weighted by molar-refractivity contribution is -0.120. The van der Waals surface area contributed by atoms with Gasteiger partial charge in [0, 0.05) is 29.0 Å². The quantitative estimate of drug-likeness (QED) is 0.849. The largest absolute Gasteiger partial charge is 0.482 e. The van der Waals surface area contributed by atoms with Crippen molar-refractivity contribution in [2.24, 2.45) is 4.99 Å². The Balaban J connectivity index is 1.76. The standard InChI is InChI=1S/C17H15Cl2N3O2/c18-12-1-4-16(14(19)8-12)24-10-17(23)22-6-5-21-9-11-7-13(20)2-3-15(11)22/h1-4,7-9H,5-6,10,20H2. The van der Waals surface area contributed by atoms with Crippen LogP contribution in [0.15, 0.2) is 41.4 Å². The Labute approximate surface area is 149 Å². The molecule has 0 fully saturated rings. The molecule has 1 amide bonds. The van der Waals surface area contributed by atoms with Gasteiger partial charge in [0.1, 0.15) is 5.75 Å². The number of fused-ring (bicyclic) bond motifs is 1. The van der Waals surface area contributed by atoms with Crippen LogP contribution in [0.2, 0.25) is 10.0 Å². The molecule has 2 aromatic carbocycles. The minimum atomic E-state index is -0.183. The number of hydrogen-bond acceptors (Lipinski definition) is 4. The number of benzene rings is 2. The molecule has 0 spiro atoms. The Bertz CT molecular complexity index is 808. The number of nitrogens with zero attached hydrogens (tertiary/aromatic N) is 2. The van der Waals surface area contributed by atoms with Crippen molar-refractivity contribution in [3.63, 3.8) is 0 Å². The first-order chi connectivity index (χ1) is 11.5. The summed E-state index contributed by atoms with van der Waals surface area (Å²) < 4.78 is 5.54. The maximum atomic E-state index is 12.6. The van der Waals surface area contributed by atoms with Crippen molar-refractivity contribution in [2.75, 3.05) is 30.3 Å². The molecule has 1 aliphatic heterocycles. The highest BCUT2D eigenvalue weighted by Crippen LogP contribution is 2.28.